The van der Waals surface area contributed by atoms with E-state index in [0.717, 1.165) is 28.8 Å². The quantitative estimate of drug-likeness (QED) is 0.737. The summed E-state index contributed by atoms with van der Waals surface area (Å²) in [6.45, 7) is 7.71. The number of benzene rings is 2. The topological polar surface area (TPSA) is 26.3 Å². The van der Waals surface area contributed by atoms with Crippen LogP contribution in [-0.4, -0.2) is 18.0 Å². The van der Waals surface area contributed by atoms with Gasteiger partial charge in [-0.1, -0.05) is 30.4 Å². The Kier molecular flexibility index (Phi) is 4.31. The van der Waals surface area contributed by atoms with Gasteiger partial charge in [0.2, 0.25) is 0 Å². The Hall–Kier alpha value is -2.23. The van der Waals surface area contributed by atoms with Crippen LogP contribution in [0, 0.1) is 0 Å². The highest BCUT2D eigenvalue weighted by molar-refractivity contribution is 5.96. The molecule has 0 bridgehead atoms. The molecule has 0 aliphatic rings. The smallest absolute Gasteiger partial charge is 0.338 e. The van der Waals surface area contributed by atoms with Crippen LogP contribution in [0.1, 0.15) is 36.7 Å². The molecule has 22 heavy (non-hydrogen) atoms. The SMILES string of the molecule is C=C(C)c1ccc2cc(C(=O)OC(C)C(C)(F)F)ccc2c1. The number of carbonyl (C=O) groups is 1. The van der Waals surface area contributed by atoms with Crippen LogP contribution in [0.25, 0.3) is 16.3 Å². The lowest BCUT2D eigenvalue weighted by Gasteiger charge is -2.19. The first kappa shape index (κ1) is 16.1. The predicted molar refractivity (Wildman–Crippen MR) is 84.2 cm³/mol. The molecule has 2 rings (SSSR count). The first-order valence-electron chi connectivity index (χ1n) is 6.97. The van der Waals surface area contributed by atoms with Crippen LogP contribution in [0.3, 0.4) is 0 Å². The van der Waals surface area contributed by atoms with Crippen molar-refractivity contribution >= 4 is 22.3 Å². The zero-order valence-electron chi connectivity index (χ0n) is 12.8. The molecule has 0 aliphatic heterocycles. The molecular formula is C18H18F2O2. The van der Waals surface area contributed by atoms with E-state index >= 15 is 0 Å². The van der Waals surface area contributed by atoms with E-state index < -0.39 is 18.0 Å². The van der Waals surface area contributed by atoms with Crippen LogP contribution in [0.2, 0.25) is 0 Å². The largest absolute Gasteiger partial charge is 0.453 e. The molecule has 0 fully saturated rings. The molecule has 0 saturated carbocycles. The van der Waals surface area contributed by atoms with Crippen molar-refractivity contribution in [1.29, 1.82) is 0 Å². The summed E-state index contributed by atoms with van der Waals surface area (Å²) >= 11 is 0. The van der Waals surface area contributed by atoms with Crippen molar-refractivity contribution in [1.82, 2.24) is 0 Å². The van der Waals surface area contributed by atoms with E-state index in [1.54, 1.807) is 18.2 Å². The molecule has 0 N–H and O–H groups in total. The third kappa shape index (κ3) is 3.50. The van der Waals surface area contributed by atoms with Crippen molar-refractivity contribution in [3.8, 4) is 0 Å². The second-order valence-electron chi connectivity index (χ2n) is 5.56. The molecule has 0 heterocycles. The molecular weight excluding hydrogens is 286 g/mol. The number of esters is 1. The molecule has 2 aromatic carbocycles. The predicted octanol–water partition coefficient (Wildman–Crippen LogP) is 5.07. The van der Waals surface area contributed by atoms with Gasteiger partial charge in [-0.05, 0) is 48.4 Å². The number of rotatable bonds is 4. The van der Waals surface area contributed by atoms with E-state index in [1.165, 1.54) is 6.92 Å². The maximum absolute atomic E-state index is 13.1. The molecule has 0 spiro atoms. The molecule has 0 aliphatic carbocycles. The molecule has 4 heteroatoms. The highest BCUT2D eigenvalue weighted by Crippen LogP contribution is 2.24. The van der Waals surface area contributed by atoms with Crippen molar-refractivity contribution < 1.29 is 18.3 Å². The number of allylic oxidation sites excluding steroid dienone is 1. The number of fused-ring (bicyclic) bond motifs is 1. The first-order valence-corrected chi connectivity index (χ1v) is 6.97. The molecule has 2 nitrogen and oxygen atoms in total. The lowest BCUT2D eigenvalue weighted by Crippen LogP contribution is -2.32. The number of alkyl halides is 2. The average molecular weight is 304 g/mol. The van der Waals surface area contributed by atoms with Crippen molar-refractivity contribution in [3.05, 3.63) is 54.1 Å². The molecule has 0 aromatic heterocycles. The zero-order valence-corrected chi connectivity index (χ0v) is 12.8. The third-order valence-corrected chi connectivity index (χ3v) is 3.57. The Bertz CT molecular complexity index is 729. The summed E-state index contributed by atoms with van der Waals surface area (Å²) in [5.74, 6) is -3.82. The average Bonchev–Trinajstić information content (AvgIpc) is 2.44. The standard InChI is InChI=1S/C18H18F2O2/c1-11(2)13-5-6-15-10-16(8-7-14(15)9-13)17(21)22-12(3)18(4,19)20/h5-10,12H,1H2,2-4H3. The van der Waals surface area contributed by atoms with Gasteiger partial charge in [-0.25, -0.2) is 13.6 Å². The lowest BCUT2D eigenvalue weighted by atomic mass is 10.0. The number of halogens is 2. The van der Waals surface area contributed by atoms with E-state index in [0.29, 0.717) is 0 Å². The van der Waals surface area contributed by atoms with Crippen molar-refractivity contribution in [2.24, 2.45) is 0 Å². The Morgan fingerprint density at radius 3 is 2.14 bits per heavy atom. The van der Waals surface area contributed by atoms with Crippen LogP contribution < -0.4 is 0 Å². The molecule has 0 radical (unpaired) electrons. The van der Waals surface area contributed by atoms with E-state index in [1.807, 2.05) is 25.1 Å². The fraction of sp³-hybridized carbons (Fsp3) is 0.278. The van der Waals surface area contributed by atoms with Crippen LogP contribution in [0.15, 0.2) is 43.0 Å². The van der Waals surface area contributed by atoms with Gasteiger partial charge < -0.3 is 4.74 Å². The molecule has 0 amide bonds. The van der Waals surface area contributed by atoms with E-state index in [-0.39, 0.29) is 5.56 Å². The highest BCUT2D eigenvalue weighted by atomic mass is 19.3. The molecule has 0 saturated heterocycles. The number of ether oxygens (including phenoxy) is 1. The van der Waals surface area contributed by atoms with E-state index in [9.17, 15) is 13.6 Å². The fourth-order valence-corrected chi connectivity index (χ4v) is 1.97. The van der Waals surface area contributed by atoms with Gasteiger partial charge in [0, 0.05) is 6.92 Å². The molecule has 1 atom stereocenters. The minimum atomic E-state index is -3.07. The second kappa shape index (κ2) is 5.87. The van der Waals surface area contributed by atoms with Crippen molar-refractivity contribution in [2.75, 3.05) is 0 Å². The summed E-state index contributed by atoms with van der Waals surface area (Å²) in [4.78, 5) is 12.0. The van der Waals surface area contributed by atoms with Gasteiger partial charge in [0.25, 0.3) is 5.92 Å². The number of carbonyl (C=O) groups excluding carboxylic acids is 1. The van der Waals surface area contributed by atoms with Crippen LogP contribution in [0.5, 0.6) is 0 Å². The summed E-state index contributed by atoms with van der Waals surface area (Å²) in [7, 11) is 0. The van der Waals surface area contributed by atoms with Gasteiger partial charge >= 0.3 is 5.97 Å². The monoisotopic (exact) mass is 304 g/mol. The summed E-state index contributed by atoms with van der Waals surface area (Å²) in [6.07, 6.45) is -1.47. The number of hydrogen-bond acceptors (Lipinski definition) is 2. The number of hydrogen-bond donors (Lipinski definition) is 0. The summed E-state index contributed by atoms with van der Waals surface area (Å²) in [5.41, 5.74) is 2.22. The van der Waals surface area contributed by atoms with E-state index in [4.69, 9.17) is 4.74 Å². The van der Waals surface area contributed by atoms with E-state index in [2.05, 4.69) is 6.58 Å². The Morgan fingerprint density at radius 1 is 1.14 bits per heavy atom. The summed E-state index contributed by atoms with van der Waals surface area (Å²) < 4.78 is 31.0. The normalized spacial score (nSPS) is 13.0. The van der Waals surface area contributed by atoms with Gasteiger partial charge in [0.1, 0.15) is 0 Å². The van der Waals surface area contributed by atoms with Gasteiger partial charge in [-0.2, -0.15) is 0 Å². The van der Waals surface area contributed by atoms with Gasteiger partial charge in [-0.15, -0.1) is 0 Å². The maximum Gasteiger partial charge on any atom is 0.338 e. The zero-order chi connectivity index (χ0) is 16.5. The van der Waals surface area contributed by atoms with Gasteiger partial charge in [0.05, 0.1) is 5.56 Å². The lowest BCUT2D eigenvalue weighted by molar-refractivity contribution is -0.0934. The maximum atomic E-state index is 13.1. The van der Waals surface area contributed by atoms with Gasteiger partial charge in [-0.3, -0.25) is 0 Å². The Labute approximate surface area is 128 Å². The second-order valence-corrected chi connectivity index (χ2v) is 5.56. The van der Waals surface area contributed by atoms with Crippen molar-refractivity contribution in [3.63, 3.8) is 0 Å². The Morgan fingerprint density at radius 2 is 1.64 bits per heavy atom. The molecule has 1 unspecified atom stereocenters. The van der Waals surface area contributed by atoms with Crippen LogP contribution in [-0.2, 0) is 4.74 Å². The minimum absolute atomic E-state index is 0.256. The summed E-state index contributed by atoms with van der Waals surface area (Å²) in [5, 5.41) is 1.79. The van der Waals surface area contributed by atoms with Gasteiger partial charge in [0.15, 0.2) is 6.10 Å². The minimum Gasteiger partial charge on any atom is -0.453 e. The highest BCUT2D eigenvalue weighted by Gasteiger charge is 2.33. The molecule has 2 aromatic rings. The first-order chi connectivity index (χ1) is 10.2. The molecule has 116 valence electrons. The third-order valence-electron chi connectivity index (χ3n) is 3.57. The van der Waals surface area contributed by atoms with Crippen LogP contribution >= 0.6 is 0 Å². The summed E-state index contributed by atoms with van der Waals surface area (Å²) in [6, 6.07) is 10.7. The fourth-order valence-electron chi connectivity index (χ4n) is 1.97. The van der Waals surface area contributed by atoms with Crippen LogP contribution in [0.4, 0.5) is 8.78 Å². The van der Waals surface area contributed by atoms with Crippen molar-refractivity contribution in [2.45, 2.75) is 32.8 Å². The Balaban J connectivity index is 2.28.